The third-order valence-corrected chi connectivity index (χ3v) is 4.34. The third-order valence-electron chi connectivity index (χ3n) is 3.32. The summed E-state index contributed by atoms with van der Waals surface area (Å²) in [6, 6.07) is 11.5. The summed E-state index contributed by atoms with van der Waals surface area (Å²) in [5.41, 5.74) is 2.39. The van der Waals surface area contributed by atoms with Gasteiger partial charge in [-0.1, -0.05) is 35.5 Å². The van der Waals surface area contributed by atoms with Crippen molar-refractivity contribution in [2.75, 3.05) is 0 Å². The molecule has 0 aliphatic carbocycles. The Kier molecular flexibility index (Phi) is 3.81. The molecule has 0 radical (unpaired) electrons. The molecule has 22 heavy (non-hydrogen) atoms. The molecule has 110 valence electrons. The van der Waals surface area contributed by atoms with Crippen molar-refractivity contribution >= 4 is 23.7 Å². The molecule has 0 N–H and O–H groups in total. The average Bonchev–Trinajstić information content (AvgIpc) is 2.51. The zero-order valence-corrected chi connectivity index (χ0v) is 13.1. The second-order valence-electron chi connectivity index (χ2n) is 5.10. The molecule has 0 spiro atoms. The Bertz CT molecular complexity index is 914. The minimum Gasteiger partial charge on any atom is -0.298 e. The van der Waals surface area contributed by atoms with Gasteiger partial charge in [0.2, 0.25) is 0 Å². The Hall–Kier alpha value is -2.40. The molecule has 0 saturated carbocycles. The largest absolute Gasteiger partial charge is 0.298 e. The van der Waals surface area contributed by atoms with E-state index in [1.165, 1.54) is 16.2 Å². The summed E-state index contributed by atoms with van der Waals surface area (Å²) < 4.78 is 1.41. The van der Waals surface area contributed by atoms with Crippen LogP contribution in [-0.4, -0.2) is 15.7 Å². The lowest BCUT2D eigenvalue weighted by Gasteiger charge is -2.07. The predicted molar refractivity (Wildman–Crippen MR) is 86.9 cm³/mol. The lowest BCUT2D eigenvalue weighted by molar-refractivity contribution is 0.111. The van der Waals surface area contributed by atoms with Gasteiger partial charge >= 0.3 is 0 Å². The van der Waals surface area contributed by atoms with Crippen molar-refractivity contribution in [2.24, 2.45) is 0 Å². The van der Waals surface area contributed by atoms with Gasteiger partial charge in [-0.05, 0) is 37.6 Å². The van der Waals surface area contributed by atoms with Crippen molar-refractivity contribution in [3.8, 4) is 0 Å². The smallest absolute Gasteiger partial charge is 0.269 e. The number of aryl methyl sites for hydroxylation is 2. The van der Waals surface area contributed by atoms with Crippen LogP contribution in [0.25, 0.3) is 5.65 Å². The van der Waals surface area contributed by atoms with Crippen molar-refractivity contribution < 1.29 is 4.79 Å². The van der Waals surface area contributed by atoms with Crippen LogP contribution >= 0.6 is 11.8 Å². The number of nitrogens with zero attached hydrogens (tertiary/aromatic N) is 2. The average molecular weight is 310 g/mol. The second kappa shape index (κ2) is 5.77. The molecule has 2 heterocycles. The van der Waals surface area contributed by atoms with Gasteiger partial charge in [0.15, 0.2) is 6.29 Å². The van der Waals surface area contributed by atoms with Crippen LogP contribution in [0.2, 0.25) is 0 Å². The van der Waals surface area contributed by atoms with Crippen LogP contribution in [0, 0.1) is 13.8 Å². The summed E-state index contributed by atoms with van der Waals surface area (Å²) in [5.74, 6) is 0. The summed E-state index contributed by atoms with van der Waals surface area (Å²) in [7, 11) is 0. The number of benzene rings is 1. The van der Waals surface area contributed by atoms with Gasteiger partial charge < -0.3 is 0 Å². The number of aldehydes is 1. The maximum atomic E-state index is 12.5. The number of hydrogen-bond donors (Lipinski definition) is 0. The highest BCUT2D eigenvalue weighted by Crippen LogP contribution is 2.27. The van der Waals surface area contributed by atoms with E-state index in [9.17, 15) is 9.59 Å². The quantitative estimate of drug-likeness (QED) is 0.550. The minimum absolute atomic E-state index is 0.0914. The van der Waals surface area contributed by atoms with Gasteiger partial charge in [0.05, 0.1) is 0 Å². The van der Waals surface area contributed by atoms with Gasteiger partial charge in [-0.2, -0.15) is 0 Å². The van der Waals surface area contributed by atoms with E-state index in [1.807, 2.05) is 44.2 Å². The lowest BCUT2D eigenvalue weighted by atomic mass is 10.2. The van der Waals surface area contributed by atoms with Gasteiger partial charge in [-0.3, -0.25) is 14.0 Å². The summed E-state index contributed by atoms with van der Waals surface area (Å²) >= 11 is 1.33. The van der Waals surface area contributed by atoms with Crippen LogP contribution < -0.4 is 5.56 Å². The first-order valence-electron chi connectivity index (χ1n) is 6.81. The van der Waals surface area contributed by atoms with E-state index in [2.05, 4.69) is 4.98 Å². The molecule has 0 amide bonds. The molecule has 3 aromatic rings. The zero-order valence-electron chi connectivity index (χ0n) is 12.2. The van der Waals surface area contributed by atoms with Crippen LogP contribution in [0.3, 0.4) is 0 Å². The first-order chi connectivity index (χ1) is 10.6. The zero-order chi connectivity index (χ0) is 15.7. The minimum atomic E-state index is -0.335. The maximum Gasteiger partial charge on any atom is 0.269 e. The Morgan fingerprint density at radius 1 is 1.05 bits per heavy atom. The molecule has 0 aliphatic rings. The summed E-state index contributed by atoms with van der Waals surface area (Å²) in [5, 5.41) is 0.438. The topological polar surface area (TPSA) is 51.4 Å². The molecule has 0 aliphatic heterocycles. The number of carbonyl (C=O) groups excluding carboxylic acids is 1. The highest BCUT2D eigenvalue weighted by Gasteiger charge is 2.13. The van der Waals surface area contributed by atoms with Crippen LogP contribution in [0.5, 0.6) is 0 Å². The fourth-order valence-corrected chi connectivity index (χ4v) is 3.01. The molecule has 0 saturated heterocycles. The second-order valence-corrected chi connectivity index (χ2v) is 6.17. The molecule has 0 atom stereocenters. The molecule has 1 aromatic carbocycles. The number of rotatable bonds is 3. The Balaban J connectivity index is 2.16. The maximum absolute atomic E-state index is 12.5. The summed E-state index contributed by atoms with van der Waals surface area (Å²) in [6.45, 7) is 3.90. The van der Waals surface area contributed by atoms with Crippen molar-refractivity contribution in [1.29, 1.82) is 0 Å². The normalized spacial score (nSPS) is 10.8. The van der Waals surface area contributed by atoms with Crippen molar-refractivity contribution in [1.82, 2.24) is 9.38 Å². The molecule has 2 aromatic heterocycles. The molecule has 3 rings (SSSR count). The third kappa shape index (κ3) is 2.67. The first-order valence-corrected chi connectivity index (χ1v) is 7.63. The number of carbonyl (C=O) groups is 1. The number of fused-ring (bicyclic) bond motifs is 1. The van der Waals surface area contributed by atoms with Gasteiger partial charge in [0.1, 0.15) is 16.2 Å². The van der Waals surface area contributed by atoms with E-state index in [4.69, 9.17) is 0 Å². The number of pyridine rings is 1. The lowest BCUT2D eigenvalue weighted by Crippen LogP contribution is -2.20. The molecule has 0 unspecified atom stereocenters. The molecule has 5 heteroatoms. The highest BCUT2D eigenvalue weighted by molar-refractivity contribution is 7.99. The van der Waals surface area contributed by atoms with Crippen LogP contribution in [0.15, 0.2) is 57.3 Å². The van der Waals surface area contributed by atoms with E-state index in [1.54, 1.807) is 12.3 Å². The first kappa shape index (κ1) is 14.5. The monoisotopic (exact) mass is 310 g/mol. The molecular formula is C17H14N2O2S. The van der Waals surface area contributed by atoms with Crippen molar-refractivity contribution in [2.45, 2.75) is 23.8 Å². The van der Waals surface area contributed by atoms with Crippen LogP contribution in [-0.2, 0) is 0 Å². The van der Waals surface area contributed by atoms with Gasteiger partial charge in [-0.15, -0.1) is 0 Å². The fraction of sp³-hybridized carbons (Fsp3) is 0.118. The van der Waals surface area contributed by atoms with Gasteiger partial charge in [-0.25, -0.2) is 4.98 Å². The Labute approximate surface area is 131 Å². The summed E-state index contributed by atoms with van der Waals surface area (Å²) in [4.78, 5) is 29.2. The van der Waals surface area contributed by atoms with Crippen molar-refractivity contribution in [3.05, 3.63) is 69.6 Å². The van der Waals surface area contributed by atoms with Crippen molar-refractivity contribution in [3.63, 3.8) is 0 Å². The van der Waals surface area contributed by atoms with E-state index in [0.717, 1.165) is 16.0 Å². The molecule has 4 nitrogen and oxygen atoms in total. The Morgan fingerprint density at radius 2 is 1.73 bits per heavy atom. The molecular weight excluding hydrogens is 296 g/mol. The van der Waals surface area contributed by atoms with Gasteiger partial charge in [0.25, 0.3) is 5.56 Å². The molecule has 0 bridgehead atoms. The fourth-order valence-electron chi connectivity index (χ4n) is 2.13. The Morgan fingerprint density at radius 3 is 2.41 bits per heavy atom. The van der Waals surface area contributed by atoms with E-state index in [-0.39, 0.29) is 11.1 Å². The number of aromatic nitrogens is 2. The standard InChI is InChI=1S/C17H14N2O2S/c1-11-3-6-13(7-4-11)22-16-14(10-20)17(21)19-9-12(2)5-8-15(19)18-16/h3-10H,1-2H3. The van der Waals surface area contributed by atoms with Gasteiger partial charge in [0, 0.05) is 11.1 Å². The number of hydrogen-bond acceptors (Lipinski definition) is 4. The van der Waals surface area contributed by atoms with Crippen LogP contribution in [0.1, 0.15) is 21.5 Å². The predicted octanol–water partition coefficient (Wildman–Crippen LogP) is 3.28. The SMILES string of the molecule is Cc1ccc(Sc2nc3ccc(C)cn3c(=O)c2C=O)cc1. The van der Waals surface area contributed by atoms with E-state index < -0.39 is 0 Å². The van der Waals surface area contributed by atoms with E-state index in [0.29, 0.717) is 17.0 Å². The summed E-state index contributed by atoms with van der Waals surface area (Å²) in [6.07, 6.45) is 2.28. The molecule has 0 fully saturated rings. The van der Waals surface area contributed by atoms with Crippen LogP contribution in [0.4, 0.5) is 0 Å². The van der Waals surface area contributed by atoms with E-state index >= 15 is 0 Å². The highest BCUT2D eigenvalue weighted by atomic mass is 32.2.